The van der Waals surface area contributed by atoms with Gasteiger partial charge < -0.3 is 15.3 Å². The van der Waals surface area contributed by atoms with Gasteiger partial charge in [-0.25, -0.2) is 13.6 Å². The van der Waals surface area contributed by atoms with Crippen molar-refractivity contribution in [3.8, 4) is 0 Å². The number of carboxylic acid groups (broad SMARTS) is 1. The first-order valence-corrected chi connectivity index (χ1v) is 8.94. The second kappa shape index (κ2) is 5.88. The van der Waals surface area contributed by atoms with Gasteiger partial charge >= 0.3 is 5.97 Å². The Kier molecular flexibility index (Phi) is 3.55. The van der Waals surface area contributed by atoms with Crippen LogP contribution in [0.15, 0.2) is 24.4 Å². The van der Waals surface area contributed by atoms with E-state index in [2.05, 4.69) is 25.5 Å². The van der Waals surface area contributed by atoms with Crippen LogP contribution in [0, 0.1) is 0 Å². The Bertz CT molecular complexity index is 1060. The number of nitrogens with one attached hydrogen (secondary N) is 2. The minimum atomic E-state index is -3.11. The molecule has 0 amide bonds. The molecule has 1 aliphatic carbocycles. The van der Waals surface area contributed by atoms with Crippen LogP contribution in [0.2, 0.25) is 0 Å². The average molecular weight is 389 g/mol. The van der Waals surface area contributed by atoms with Gasteiger partial charge in [0, 0.05) is 24.6 Å². The molecule has 0 radical (unpaired) electrons. The Labute approximate surface area is 157 Å². The predicted molar refractivity (Wildman–Crippen MR) is 95.2 cm³/mol. The van der Waals surface area contributed by atoms with Crippen LogP contribution in [0.4, 0.5) is 26.5 Å². The number of rotatable bonds is 5. The minimum absolute atomic E-state index is 0.0554. The highest BCUT2D eigenvalue weighted by Gasteiger charge is 2.49. The van der Waals surface area contributed by atoms with Crippen LogP contribution in [-0.2, 0) is 4.79 Å². The molecule has 0 aromatic carbocycles. The summed E-state index contributed by atoms with van der Waals surface area (Å²) in [7, 11) is 0. The third-order valence-electron chi connectivity index (χ3n) is 5.03. The number of hydrogen-bond donors (Lipinski definition) is 3. The van der Waals surface area contributed by atoms with Crippen LogP contribution in [0.5, 0.6) is 0 Å². The summed E-state index contributed by atoms with van der Waals surface area (Å²) >= 11 is 0. The standard InChI is InChI=1S/C17H17F2N7O2/c18-17(19)7-11(14(27)28)26(8-17)16-21-13-2-1-5-25(13)15(22-16)20-12-6-10(23-24-12)9-3-4-9/h1-2,5-6,9,11H,3-4,7-8H2,(H,27,28)(H2,20,21,22,23,24)/t11-/m0/s1. The van der Waals surface area contributed by atoms with Crippen LogP contribution in [0.25, 0.3) is 5.65 Å². The fraction of sp³-hybridized carbons (Fsp3) is 0.412. The minimum Gasteiger partial charge on any atom is -0.480 e. The van der Waals surface area contributed by atoms with E-state index in [1.54, 1.807) is 22.7 Å². The van der Waals surface area contributed by atoms with E-state index < -0.39 is 30.9 Å². The topological polar surface area (TPSA) is 111 Å². The first-order valence-electron chi connectivity index (χ1n) is 8.94. The lowest BCUT2D eigenvalue weighted by Crippen LogP contribution is -2.37. The van der Waals surface area contributed by atoms with Gasteiger partial charge in [0.1, 0.15) is 17.5 Å². The number of hydrogen-bond acceptors (Lipinski definition) is 6. The van der Waals surface area contributed by atoms with Gasteiger partial charge in [0.25, 0.3) is 5.92 Å². The van der Waals surface area contributed by atoms with Crippen molar-refractivity contribution in [2.24, 2.45) is 0 Å². The molecule has 5 rings (SSSR count). The molecule has 0 spiro atoms. The number of H-pyrrole nitrogens is 1. The highest BCUT2D eigenvalue weighted by Crippen LogP contribution is 2.40. The maximum absolute atomic E-state index is 13.9. The zero-order valence-electron chi connectivity index (χ0n) is 14.6. The molecule has 9 nitrogen and oxygen atoms in total. The van der Waals surface area contributed by atoms with Gasteiger partial charge in [-0.15, -0.1) is 0 Å². The van der Waals surface area contributed by atoms with Gasteiger partial charge in [0.2, 0.25) is 11.9 Å². The summed E-state index contributed by atoms with van der Waals surface area (Å²) in [5.41, 5.74) is 1.43. The number of nitrogens with zero attached hydrogens (tertiary/aromatic N) is 5. The molecule has 1 saturated carbocycles. The third-order valence-corrected chi connectivity index (χ3v) is 5.03. The number of aromatic amines is 1. The maximum atomic E-state index is 13.9. The number of aromatic nitrogens is 5. The lowest BCUT2D eigenvalue weighted by molar-refractivity contribution is -0.139. The van der Waals surface area contributed by atoms with E-state index in [1.807, 2.05) is 6.07 Å². The van der Waals surface area contributed by atoms with Crippen LogP contribution >= 0.6 is 0 Å². The van der Waals surface area contributed by atoms with Crippen molar-refractivity contribution in [1.82, 2.24) is 24.6 Å². The Hall–Kier alpha value is -3.24. The van der Waals surface area contributed by atoms with Gasteiger partial charge in [0.05, 0.1) is 12.2 Å². The van der Waals surface area contributed by atoms with Gasteiger partial charge in [-0.2, -0.15) is 15.1 Å². The van der Waals surface area contributed by atoms with Crippen molar-refractivity contribution in [3.05, 3.63) is 30.1 Å². The third kappa shape index (κ3) is 2.92. The number of aliphatic carboxylic acids is 1. The van der Waals surface area contributed by atoms with E-state index in [9.17, 15) is 18.7 Å². The van der Waals surface area contributed by atoms with Gasteiger partial charge in [-0.3, -0.25) is 9.50 Å². The normalized spacial score (nSPS) is 21.4. The molecule has 0 bridgehead atoms. The number of fused-ring (bicyclic) bond motifs is 1. The molecule has 11 heteroatoms. The van der Waals surface area contributed by atoms with E-state index in [4.69, 9.17) is 0 Å². The summed E-state index contributed by atoms with van der Waals surface area (Å²) < 4.78 is 29.4. The van der Waals surface area contributed by atoms with Gasteiger partial charge in [-0.05, 0) is 25.0 Å². The van der Waals surface area contributed by atoms with Crippen LogP contribution in [-0.4, -0.2) is 54.2 Å². The lowest BCUT2D eigenvalue weighted by atomic mass is 10.2. The fourth-order valence-corrected chi connectivity index (χ4v) is 3.49. The Morgan fingerprint density at radius 3 is 2.93 bits per heavy atom. The molecule has 3 N–H and O–H groups in total. The molecule has 3 aromatic heterocycles. The summed E-state index contributed by atoms with van der Waals surface area (Å²) in [5.74, 6) is -3.08. The van der Waals surface area contributed by atoms with Crippen molar-refractivity contribution >= 4 is 29.3 Å². The smallest absolute Gasteiger partial charge is 0.326 e. The maximum Gasteiger partial charge on any atom is 0.326 e. The molecule has 3 aromatic rings. The number of carbonyl (C=O) groups is 1. The predicted octanol–water partition coefficient (Wildman–Crippen LogP) is 2.37. The fourth-order valence-electron chi connectivity index (χ4n) is 3.49. The van der Waals surface area contributed by atoms with Crippen molar-refractivity contribution in [2.75, 3.05) is 16.8 Å². The number of anilines is 3. The van der Waals surface area contributed by atoms with E-state index in [0.29, 0.717) is 23.3 Å². The summed E-state index contributed by atoms with van der Waals surface area (Å²) in [6, 6.07) is 3.95. The van der Waals surface area contributed by atoms with Crippen molar-refractivity contribution in [3.63, 3.8) is 0 Å². The lowest BCUT2D eigenvalue weighted by Gasteiger charge is -2.21. The largest absolute Gasteiger partial charge is 0.480 e. The van der Waals surface area contributed by atoms with Crippen LogP contribution < -0.4 is 10.2 Å². The zero-order valence-corrected chi connectivity index (χ0v) is 14.6. The quantitative estimate of drug-likeness (QED) is 0.614. The SMILES string of the molecule is O=C(O)[C@@H]1CC(F)(F)CN1c1nc(Nc2cc(C3CC3)n[nH]2)n2cccc2n1. The van der Waals surface area contributed by atoms with Crippen molar-refractivity contribution < 1.29 is 18.7 Å². The Balaban J connectivity index is 1.52. The summed E-state index contributed by atoms with van der Waals surface area (Å²) in [6.07, 6.45) is 3.19. The number of alkyl halides is 2. The monoisotopic (exact) mass is 389 g/mol. The molecule has 1 atom stereocenters. The molecule has 1 saturated heterocycles. The molecule has 2 aliphatic rings. The highest BCUT2D eigenvalue weighted by molar-refractivity contribution is 5.78. The molecule has 1 aliphatic heterocycles. The highest BCUT2D eigenvalue weighted by atomic mass is 19.3. The number of halogens is 2. The van der Waals surface area contributed by atoms with Crippen LogP contribution in [0.3, 0.4) is 0 Å². The Morgan fingerprint density at radius 1 is 1.36 bits per heavy atom. The van der Waals surface area contributed by atoms with Gasteiger partial charge in [0.15, 0.2) is 0 Å². The van der Waals surface area contributed by atoms with E-state index in [0.717, 1.165) is 23.4 Å². The average Bonchev–Trinajstić information content (AvgIpc) is 3.05. The van der Waals surface area contributed by atoms with Crippen molar-refractivity contribution in [2.45, 2.75) is 37.1 Å². The first kappa shape index (κ1) is 16.9. The second-order valence-electron chi connectivity index (χ2n) is 7.23. The first-order chi connectivity index (χ1) is 13.4. The van der Waals surface area contributed by atoms with E-state index in [1.165, 1.54) is 0 Å². The molecule has 4 heterocycles. The van der Waals surface area contributed by atoms with Crippen LogP contribution in [0.1, 0.15) is 30.9 Å². The zero-order chi connectivity index (χ0) is 19.5. The molecule has 28 heavy (non-hydrogen) atoms. The molecule has 0 unspecified atom stereocenters. The molecular formula is C17H17F2N7O2. The second-order valence-corrected chi connectivity index (χ2v) is 7.23. The summed E-state index contributed by atoms with van der Waals surface area (Å²) in [6.45, 7) is -0.740. The van der Waals surface area contributed by atoms with Crippen molar-refractivity contribution in [1.29, 1.82) is 0 Å². The van der Waals surface area contributed by atoms with E-state index >= 15 is 0 Å². The number of carboxylic acids is 1. The van der Waals surface area contributed by atoms with E-state index in [-0.39, 0.29) is 5.95 Å². The molecular weight excluding hydrogens is 372 g/mol. The van der Waals surface area contributed by atoms with Gasteiger partial charge in [-0.1, -0.05) is 0 Å². The molecule has 146 valence electrons. The molecule has 2 fully saturated rings. The summed E-state index contributed by atoms with van der Waals surface area (Å²) in [5, 5.41) is 19.6. The summed E-state index contributed by atoms with van der Waals surface area (Å²) in [4.78, 5) is 21.1. The Morgan fingerprint density at radius 2 is 2.18 bits per heavy atom.